The maximum absolute atomic E-state index is 3.79. The van der Waals surface area contributed by atoms with Crippen molar-refractivity contribution in [2.45, 2.75) is 38.6 Å². The largest absolute Gasteiger partial charge is 0.340 e. The highest BCUT2D eigenvalue weighted by molar-refractivity contribution is 5.87. The van der Waals surface area contributed by atoms with Gasteiger partial charge in [0.15, 0.2) is 0 Å². The molecule has 0 aliphatic carbocycles. The van der Waals surface area contributed by atoms with Crippen molar-refractivity contribution in [3.63, 3.8) is 0 Å². The Morgan fingerprint density at radius 3 is 2.39 bits per heavy atom. The second kappa shape index (κ2) is 7.82. The van der Waals surface area contributed by atoms with Crippen molar-refractivity contribution in [3.05, 3.63) is 73.3 Å². The summed E-state index contributed by atoms with van der Waals surface area (Å²) in [4.78, 5) is 0. The number of benzene rings is 2. The average molecular weight is 303 g/mol. The first-order valence-corrected chi connectivity index (χ1v) is 8.65. The molecular formula is C22H25N. The predicted octanol–water partition coefficient (Wildman–Crippen LogP) is 6.44. The maximum atomic E-state index is 3.79. The van der Waals surface area contributed by atoms with E-state index < -0.39 is 0 Å². The Morgan fingerprint density at radius 2 is 1.57 bits per heavy atom. The molecule has 0 bridgehead atoms. The number of unbranched alkanes of at least 4 members (excludes halogenated alkanes) is 4. The van der Waals surface area contributed by atoms with E-state index in [1.165, 1.54) is 47.8 Å². The molecule has 0 amide bonds. The lowest BCUT2D eigenvalue weighted by Crippen LogP contribution is -2.00. The summed E-state index contributed by atoms with van der Waals surface area (Å²) >= 11 is 0. The fourth-order valence-electron chi connectivity index (χ4n) is 3.21. The van der Waals surface area contributed by atoms with Gasteiger partial charge in [0.25, 0.3) is 0 Å². The summed E-state index contributed by atoms with van der Waals surface area (Å²) in [5, 5.41) is 1.33. The van der Waals surface area contributed by atoms with Gasteiger partial charge in [-0.1, -0.05) is 67.4 Å². The van der Waals surface area contributed by atoms with Gasteiger partial charge in [-0.05, 0) is 37.0 Å². The van der Waals surface area contributed by atoms with Gasteiger partial charge in [-0.25, -0.2) is 0 Å². The number of hydrogen-bond acceptors (Lipinski definition) is 0. The Labute approximate surface area is 139 Å². The van der Waals surface area contributed by atoms with Crippen LogP contribution in [0.5, 0.6) is 0 Å². The van der Waals surface area contributed by atoms with E-state index in [-0.39, 0.29) is 0 Å². The maximum Gasteiger partial charge on any atom is 0.0491 e. The van der Waals surface area contributed by atoms with E-state index in [1.807, 2.05) is 6.08 Å². The first kappa shape index (κ1) is 15.6. The van der Waals surface area contributed by atoms with Crippen molar-refractivity contribution in [1.29, 1.82) is 0 Å². The molecule has 0 N–H and O–H groups in total. The van der Waals surface area contributed by atoms with Crippen LogP contribution in [0.1, 0.15) is 32.1 Å². The van der Waals surface area contributed by atoms with E-state index in [4.69, 9.17) is 0 Å². The zero-order valence-corrected chi connectivity index (χ0v) is 13.7. The van der Waals surface area contributed by atoms with E-state index in [1.54, 1.807) is 0 Å². The summed E-state index contributed by atoms with van der Waals surface area (Å²) in [5.74, 6) is 0. The summed E-state index contributed by atoms with van der Waals surface area (Å²) in [6.45, 7) is 4.88. The van der Waals surface area contributed by atoms with Crippen LogP contribution in [0.4, 0.5) is 0 Å². The van der Waals surface area contributed by atoms with Crippen LogP contribution in [0.25, 0.3) is 22.2 Å². The van der Waals surface area contributed by atoms with Gasteiger partial charge in [0.05, 0.1) is 0 Å². The van der Waals surface area contributed by atoms with E-state index in [0.717, 1.165) is 13.0 Å². The number of rotatable bonds is 8. The highest BCUT2D eigenvalue weighted by Gasteiger charge is 2.09. The minimum absolute atomic E-state index is 1.09. The van der Waals surface area contributed by atoms with Gasteiger partial charge in [-0.2, -0.15) is 0 Å². The standard InChI is InChI=1S/C22H25N/c1-2-3-4-5-6-12-17-23-21-16-11-10-15-20(21)18-22(23)19-13-8-7-9-14-19/h2,7-11,13-16,18H,1,3-6,12,17H2. The molecule has 2 aromatic carbocycles. The SMILES string of the molecule is C=CCCCCCCn1c(-c2ccccc2)cc2ccccc21. The van der Waals surface area contributed by atoms with Gasteiger partial charge in [-0.3, -0.25) is 0 Å². The van der Waals surface area contributed by atoms with E-state index in [9.17, 15) is 0 Å². The Morgan fingerprint density at radius 1 is 0.826 bits per heavy atom. The lowest BCUT2D eigenvalue weighted by Gasteiger charge is -2.11. The molecule has 0 saturated heterocycles. The number of para-hydroxylation sites is 1. The molecule has 0 aliphatic rings. The van der Waals surface area contributed by atoms with Crippen molar-refractivity contribution in [2.24, 2.45) is 0 Å². The molecule has 1 aromatic heterocycles. The fraction of sp³-hybridized carbons (Fsp3) is 0.273. The minimum Gasteiger partial charge on any atom is -0.340 e. The van der Waals surface area contributed by atoms with Crippen LogP contribution in [-0.2, 0) is 6.54 Å². The van der Waals surface area contributed by atoms with Crippen LogP contribution in [0.3, 0.4) is 0 Å². The van der Waals surface area contributed by atoms with Gasteiger partial charge >= 0.3 is 0 Å². The van der Waals surface area contributed by atoms with Gasteiger partial charge in [-0.15, -0.1) is 6.58 Å². The monoisotopic (exact) mass is 303 g/mol. The lowest BCUT2D eigenvalue weighted by atomic mass is 10.1. The highest BCUT2D eigenvalue weighted by atomic mass is 15.0. The zero-order valence-electron chi connectivity index (χ0n) is 13.7. The molecule has 1 heterocycles. The molecule has 0 fully saturated rings. The second-order valence-electron chi connectivity index (χ2n) is 6.10. The molecule has 0 saturated carbocycles. The number of aromatic nitrogens is 1. The molecule has 0 spiro atoms. The zero-order chi connectivity index (χ0) is 15.9. The van der Waals surface area contributed by atoms with Gasteiger partial charge in [0.1, 0.15) is 0 Å². The highest BCUT2D eigenvalue weighted by Crippen LogP contribution is 2.28. The molecule has 0 radical (unpaired) electrons. The van der Waals surface area contributed by atoms with Gasteiger partial charge < -0.3 is 4.57 Å². The van der Waals surface area contributed by atoms with Crippen molar-refractivity contribution >= 4 is 10.9 Å². The molecule has 0 unspecified atom stereocenters. The first-order valence-electron chi connectivity index (χ1n) is 8.65. The number of aryl methyl sites for hydroxylation is 1. The fourth-order valence-corrected chi connectivity index (χ4v) is 3.21. The molecule has 1 heteroatoms. The summed E-state index contributed by atoms with van der Waals surface area (Å²) in [6.07, 6.45) is 8.24. The molecule has 118 valence electrons. The number of allylic oxidation sites excluding steroid dienone is 1. The molecule has 3 aromatic rings. The Bertz CT molecular complexity index is 752. The molecule has 1 nitrogen and oxygen atoms in total. The quantitative estimate of drug-likeness (QED) is 0.333. The summed E-state index contributed by atoms with van der Waals surface area (Å²) in [5.41, 5.74) is 3.98. The second-order valence-corrected chi connectivity index (χ2v) is 6.10. The minimum atomic E-state index is 1.09. The number of nitrogens with zero attached hydrogens (tertiary/aromatic N) is 1. The smallest absolute Gasteiger partial charge is 0.0491 e. The predicted molar refractivity (Wildman–Crippen MR) is 101 cm³/mol. The topological polar surface area (TPSA) is 4.93 Å². The normalized spacial score (nSPS) is 11.0. The molecule has 0 atom stereocenters. The van der Waals surface area contributed by atoms with Crippen molar-refractivity contribution in [1.82, 2.24) is 4.57 Å². The van der Waals surface area contributed by atoms with Gasteiger partial charge in [0.2, 0.25) is 0 Å². The molecular weight excluding hydrogens is 278 g/mol. The van der Waals surface area contributed by atoms with E-state index >= 15 is 0 Å². The summed E-state index contributed by atoms with van der Waals surface area (Å²) in [6, 6.07) is 21.7. The average Bonchev–Trinajstić information content (AvgIpc) is 2.97. The Kier molecular flexibility index (Phi) is 5.31. The van der Waals surface area contributed by atoms with Crippen LogP contribution in [0.15, 0.2) is 73.3 Å². The van der Waals surface area contributed by atoms with Gasteiger partial charge in [0, 0.05) is 23.1 Å². The lowest BCUT2D eigenvalue weighted by molar-refractivity contribution is 0.587. The third-order valence-electron chi connectivity index (χ3n) is 4.42. The summed E-state index contributed by atoms with van der Waals surface area (Å²) < 4.78 is 2.48. The molecule has 23 heavy (non-hydrogen) atoms. The Balaban J connectivity index is 1.81. The van der Waals surface area contributed by atoms with Crippen LogP contribution >= 0.6 is 0 Å². The molecule has 0 aliphatic heterocycles. The van der Waals surface area contributed by atoms with E-state index in [0.29, 0.717) is 0 Å². The first-order chi connectivity index (χ1) is 11.4. The molecule has 3 rings (SSSR count). The van der Waals surface area contributed by atoms with Crippen LogP contribution in [0, 0.1) is 0 Å². The van der Waals surface area contributed by atoms with Crippen LogP contribution in [-0.4, -0.2) is 4.57 Å². The van der Waals surface area contributed by atoms with Crippen LogP contribution < -0.4 is 0 Å². The third-order valence-corrected chi connectivity index (χ3v) is 4.42. The van der Waals surface area contributed by atoms with Crippen molar-refractivity contribution < 1.29 is 0 Å². The van der Waals surface area contributed by atoms with Crippen molar-refractivity contribution in [3.8, 4) is 11.3 Å². The number of fused-ring (bicyclic) bond motifs is 1. The van der Waals surface area contributed by atoms with E-state index in [2.05, 4.69) is 71.8 Å². The Hall–Kier alpha value is -2.28. The van der Waals surface area contributed by atoms with Crippen molar-refractivity contribution in [2.75, 3.05) is 0 Å². The van der Waals surface area contributed by atoms with Crippen LogP contribution in [0.2, 0.25) is 0 Å². The summed E-state index contributed by atoms with van der Waals surface area (Å²) in [7, 11) is 0. The third kappa shape index (κ3) is 3.73. The number of hydrogen-bond donors (Lipinski definition) is 0.